The standard InChI is InChI=1S/C21H21N3O/c25-21(23-19-9-5-7-16-6-1-2-8-18(16)19)24-15-4-3-10-20(24)17-11-13-22-14-12-17/h1-2,5-9,11-14,20H,3-4,10,15H2,(H,23,25)/t20-/m1/s1. The third-order valence-electron chi connectivity index (χ3n) is 4.89. The van der Waals surface area contributed by atoms with Gasteiger partial charge in [0.25, 0.3) is 0 Å². The minimum absolute atomic E-state index is 0.0298. The maximum atomic E-state index is 13.0. The maximum absolute atomic E-state index is 13.0. The molecule has 3 aromatic rings. The Bertz CT molecular complexity index is 873. The number of anilines is 1. The zero-order valence-electron chi connectivity index (χ0n) is 14.1. The van der Waals surface area contributed by atoms with Crippen LogP contribution in [0.15, 0.2) is 67.0 Å². The fraction of sp³-hybridized carbons (Fsp3) is 0.238. The maximum Gasteiger partial charge on any atom is 0.322 e. The number of carbonyl (C=O) groups excluding carboxylic acids is 1. The summed E-state index contributed by atoms with van der Waals surface area (Å²) in [4.78, 5) is 19.0. The van der Waals surface area contributed by atoms with E-state index in [1.807, 2.05) is 47.4 Å². The van der Waals surface area contributed by atoms with E-state index in [0.717, 1.165) is 47.8 Å². The highest BCUT2D eigenvalue weighted by Crippen LogP contribution is 2.32. The molecular formula is C21H21N3O. The molecule has 0 unspecified atom stereocenters. The highest BCUT2D eigenvalue weighted by Gasteiger charge is 2.28. The van der Waals surface area contributed by atoms with Crippen LogP contribution < -0.4 is 5.32 Å². The number of piperidine rings is 1. The summed E-state index contributed by atoms with van der Waals surface area (Å²) in [5, 5.41) is 5.32. The molecule has 2 aromatic carbocycles. The summed E-state index contributed by atoms with van der Waals surface area (Å²) in [7, 11) is 0. The van der Waals surface area contributed by atoms with Crippen LogP contribution in [0, 0.1) is 0 Å². The number of carbonyl (C=O) groups is 1. The average molecular weight is 331 g/mol. The number of fused-ring (bicyclic) bond motifs is 1. The van der Waals surface area contributed by atoms with Gasteiger partial charge in [0.15, 0.2) is 0 Å². The fourth-order valence-electron chi connectivity index (χ4n) is 3.63. The van der Waals surface area contributed by atoms with Gasteiger partial charge in [-0.15, -0.1) is 0 Å². The SMILES string of the molecule is O=C(Nc1cccc2ccccc12)N1CCCC[C@@H]1c1ccncc1. The number of benzene rings is 2. The summed E-state index contributed by atoms with van der Waals surface area (Å²) in [5.74, 6) is 0. The summed E-state index contributed by atoms with van der Waals surface area (Å²) in [5.41, 5.74) is 2.02. The summed E-state index contributed by atoms with van der Waals surface area (Å²) in [6, 6.07) is 18.2. The van der Waals surface area contributed by atoms with Crippen LogP contribution in [0.3, 0.4) is 0 Å². The van der Waals surface area contributed by atoms with Gasteiger partial charge >= 0.3 is 6.03 Å². The number of likely N-dealkylation sites (tertiary alicyclic amines) is 1. The molecule has 2 amide bonds. The molecule has 4 rings (SSSR count). The van der Waals surface area contributed by atoms with Gasteiger partial charge in [0, 0.05) is 24.3 Å². The minimum Gasteiger partial charge on any atom is -0.317 e. The van der Waals surface area contributed by atoms with Crippen molar-refractivity contribution >= 4 is 22.5 Å². The second-order valence-corrected chi connectivity index (χ2v) is 6.44. The first kappa shape index (κ1) is 15.6. The number of nitrogens with zero attached hydrogens (tertiary/aromatic N) is 2. The number of amides is 2. The van der Waals surface area contributed by atoms with E-state index in [1.54, 1.807) is 12.4 Å². The van der Waals surface area contributed by atoms with E-state index in [4.69, 9.17) is 0 Å². The van der Waals surface area contributed by atoms with Crippen LogP contribution in [0.2, 0.25) is 0 Å². The average Bonchev–Trinajstić information content (AvgIpc) is 2.69. The molecule has 0 bridgehead atoms. The van der Waals surface area contributed by atoms with Gasteiger partial charge in [-0.25, -0.2) is 4.79 Å². The van der Waals surface area contributed by atoms with E-state index < -0.39 is 0 Å². The van der Waals surface area contributed by atoms with Gasteiger partial charge in [0.05, 0.1) is 11.7 Å². The predicted molar refractivity (Wildman–Crippen MR) is 101 cm³/mol. The second kappa shape index (κ2) is 6.93. The molecule has 1 fully saturated rings. The first-order valence-electron chi connectivity index (χ1n) is 8.78. The van der Waals surface area contributed by atoms with Gasteiger partial charge < -0.3 is 10.2 Å². The summed E-state index contributed by atoms with van der Waals surface area (Å²) >= 11 is 0. The second-order valence-electron chi connectivity index (χ2n) is 6.44. The Morgan fingerprint density at radius 3 is 2.68 bits per heavy atom. The molecule has 0 aliphatic carbocycles. The van der Waals surface area contributed by atoms with Crippen molar-refractivity contribution in [2.24, 2.45) is 0 Å². The van der Waals surface area contributed by atoms with Crippen LogP contribution in [0.5, 0.6) is 0 Å². The van der Waals surface area contributed by atoms with Crippen molar-refractivity contribution in [1.82, 2.24) is 9.88 Å². The molecule has 2 heterocycles. The highest BCUT2D eigenvalue weighted by molar-refractivity contribution is 6.01. The van der Waals surface area contributed by atoms with Crippen molar-refractivity contribution in [1.29, 1.82) is 0 Å². The lowest BCUT2D eigenvalue weighted by molar-refractivity contribution is 0.163. The number of hydrogen-bond acceptors (Lipinski definition) is 2. The number of hydrogen-bond donors (Lipinski definition) is 1. The van der Waals surface area contributed by atoms with Gasteiger partial charge in [0.2, 0.25) is 0 Å². The number of urea groups is 1. The highest BCUT2D eigenvalue weighted by atomic mass is 16.2. The largest absolute Gasteiger partial charge is 0.322 e. The molecule has 0 saturated carbocycles. The summed E-state index contributed by atoms with van der Waals surface area (Å²) < 4.78 is 0. The van der Waals surface area contributed by atoms with E-state index in [-0.39, 0.29) is 12.1 Å². The van der Waals surface area contributed by atoms with Crippen LogP contribution in [0.25, 0.3) is 10.8 Å². The zero-order valence-corrected chi connectivity index (χ0v) is 14.1. The van der Waals surface area contributed by atoms with Crippen molar-refractivity contribution in [3.8, 4) is 0 Å². The molecule has 1 N–H and O–H groups in total. The number of rotatable bonds is 2. The lowest BCUT2D eigenvalue weighted by Gasteiger charge is -2.36. The van der Waals surface area contributed by atoms with Crippen molar-refractivity contribution in [2.75, 3.05) is 11.9 Å². The zero-order chi connectivity index (χ0) is 17.1. The Balaban J connectivity index is 1.60. The molecule has 1 aliphatic heterocycles. The lowest BCUT2D eigenvalue weighted by atomic mass is 9.96. The normalized spacial score (nSPS) is 17.4. The molecule has 1 aliphatic rings. The van der Waals surface area contributed by atoms with Crippen LogP contribution in [-0.2, 0) is 0 Å². The molecule has 1 atom stereocenters. The van der Waals surface area contributed by atoms with Crippen molar-refractivity contribution in [3.05, 3.63) is 72.6 Å². The Kier molecular flexibility index (Phi) is 4.34. The van der Waals surface area contributed by atoms with Gasteiger partial charge in [-0.2, -0.15) is 0 Å². The Hall–Kier alpha value is -2.88. The molecule has 4 nitrogen and oxygen atoms in total. The van der Waals surface area contributed by atoms with Gasteiger partial charge in [-0.1, -0.05) is 36.4 Å². The third-order valence-corrected chi connectivity index (χ3v) is 4.89. The summed E-state index contributed by atoms with van der Waals surface area (Å²) in [6.45, 7) is 0.781. The van der Waals surface area contributed by atoms with Gasteiger partial charge in [0.1, 0.15) is 0 Å². The number of nitrogens with one attached hydrogen (secondary N) is 1. The quantitative estimate of drug-likeness (QED) is 0.718. The topological polar surface area (TPSA) is 45.2 Å². The molecule has 4 heteroatoms. The van der Waals surface area contributed by atoms with E-state index in [2.05, 4.69) is 22.4 Å². The molecule has 1 aromatic heterocycles. The Morgan fingerprint density at radius 2 is 1.80 bits per heavy atom. The van der Waals surface area contributed by atoms with Crippen LogP contribution >= 0.6 is 0 Å². The molecular weight excluding hydrogens is 310 g/mol. The van der Waals surface area contributed by atoms with E-state index >= 15 is 0 Å². The number of aromatic nitrogens is 1. The Morgan fingerprint density at radius 1 is 1.00 bits per heavy atom. The Labute approximate surface area is 147 Å². The predicted octanol–water partition coefficient (Wildman–Crippen LogP) is 4.99. The van der Waals surface area contributed by atoms with Crippen molar-refractivity contribution in [3.63, 3.8) is 0 Å². The molecule has 0 spiro atoms. The third kappa shape index (κ3) is 3.20. The molecule has 0 radical (unpaired) electrons. The van der Waals surface area contributed by atoms with Crippen LogP contribution in [-0.4, -0.2) is 22.5 Å². The molecule has 126 valence electrons. The smallest absolute Gasteiger partial charge is 0.317 e. The van der Waals surface area contributed by atoms with E-state index in [0.29, 0.717) is 0 Å². The number of pyridine rings is 1. The van der Waals surface area contributed by atoms with Crippen molar-refractivity contribution in [2.45, 2.75) is 25.3 Å². The monoisotopic (exact) mass is 331 g/mol. The molecule has 25 heavy (non-hydrogen) atoms. The van der Waals surface area contributed by atoms with Crippen molar-refractivity contribution < 1.29 is 4.79 Å². The van der Waals surface area contributed by atoms with Gasteiger partial charge in [-0.3, -0.25) is 4.98 Å². The van der Waals surface area contributed by atoms with Crippen LogP contribution in [0.1, 0.15) is 30.9 Å². The van der Waals surface area contributed by atoms with E-state index in [1.165, 1.54) is 0 Å². The first-order chi connectivity index (χ1) is 12.3. The summed E-state index contributed by atoms with van der Waals surface area (Å²) in [6.07, 6.45) is 6.78. The minimum atomic E-state index is -0.0298. The first-order valence-corrected chi connectivity index (χ1v) is 8.78. The fourth-order valence-corrected chi connectivity index (χ4v) is 3.63. The van der Waals surface area contributed by atoms with E-state index in [9.17, 15) is 4.79 Å². The van der Waals surface area contributed by atoms with Crippen LogP contribution in [0.4, 0.5) is 10.5 Å². The molecule has 1 saturated heterocycles. The van der Waals surface area contributed by atoms with Gasteiger partial charge in [-0.05, 0) is 48.4 Å². The lowest BCUT2D eigenvalue weighted by Crippen LogP contribution is -2.41.